The molecule has 0 spiro atoms. The maximum atomic E-state index is 15.5. The molecule has 1 fully saturated rings. The number of rotatable bonds is 3. The Bertz CT molecular complexity index is 1310. The zero-order valence-electron chi connectivity index (χ0n) is 19.0. The Morgan fingerprint density at radius 2 is 2.06 bits per heavy atom. The predicted octanol–water partition coefficient (Wildman–Crippen LogP) is 3.31. The van der Waals surface area contributed by atoms with Gasteiger partial charge in [-0.15, -0.1) is 0 Å². The summed E-state index contributed by atoms with van der Waals surface area (Å²) in [6.07, 6.45) is 2.00. The quantitative estimate of drug-likeness (QED) is 0.444. The van der Waals surface area contributed by atoms with Crippen molar-refractivity contribution >= 4 is 34.1 Å². The smallest absolute Gasteiger partial charge is 0.417 e. The number of nitrogen functional groups attached to an aromatic ring is 1. The third-order valence-electron chi connectivity index (χ3n) is 6.23. The number of anilines is 3. The Morgan fingerprint density at radius 1 is 1.29 bits per heavy atom. The number of alkyl halides is 1. The van der Waals surface area contributed by atoms with Crippen LogP contribution in [0.4, 0.5) is 30.8 Å². The first kappa shape index (κ1) is 22.1. The van der Waals surface area contributed by atoms with Crippen LogP contribution in [-0.4, -0.2) is 67.2 Å². The van der Waals surface area contributed by atoms with E-state index in [1.807, 2.05) is 6.92 Å². The van der Waals surface area contributed by atoms with Crippen molar-refractivity contribution in [3.05, 3.63) is 35.9 Å². The topological polar surface area (TPSA) is 106 Å². The SMILES string of the molecule is COC(=O)N(c1cc2cc(-c3cnc4c(c3C)NCCO4)c(F)c(N)c2cn1)C1(F)CN(C)C1. The first-order valence-corrected chi connectivity index (χ1v) is 10.7. The molecule has 1 aromatic carbocycles. The largest absolute Gasteiger partial charge is 0.474 e. The molecule has 1 amide bonds. The summed E-state index contributed by atoms with van der Waals surface area (Å²) in [5.74, 6) is -2.08. The van der Waals surface area contributed by atoms with E-state index in [4.69, 9.17) is 15.2 Å². The highest BCUT2D eigenvalue weighted by Gasteiger charge is 2.51. The highest BCUT2D eigenvalue weighted by molar-refractivity contribution is 6.00. The van der Waals surface area contributed by atoms with E-state index in [0.717, 1.165) is 10.5 Å². The Labute approximate surface area is 194 Å². The molecule has 3 N–H and O–H groups in total. The number of halogens is 2. The number of methoxy groups -OCH3 is 1. The van der Waals surface area contributed by atoms with Gasteiger partial charge in [0.15, 0.2) is 5.82 Å². The normalized spacial score (nSPS) is 16.7. The van der Waals surface area contributed by atoms with E-state index >= 15 is 8.78 Å². The number of fused-ring (bicyclic) bond motifs is 2. The fourth-order valence-electron chi connectivity index (χ4n) is 4.57. The second-order valence-corrected chi connectivity index (χ2v) is 8.56. The van der Waals surface area contributed by atoms with Crippen molar-refractivity contribution in [2.24, 2.45) is 0 Å². The van der Waals surface area contributed by atoms with Crippen molar-refractivity contribution in [1.29, 1.82) is 0 Å². The molecule has 0 atom stereocenters. The maximum absolute atomic E-state index is 15.5. The van der Waals surface area contributed by atoms with Crippen LogP contribution in [0.3, 0.4) is 0 Å². The number of nitrogens with one attached hydrogen (secondary N) is 1. The molecule has 34 heavy (non-hydrogen) atoms. The van der Waals surface area contributed by atoms with Gasteiger partial charge in [-0.25, -0.2) is 28.4 Å². The third kappa shape index (κ3) is 3.35. The summed E-state index contributed by atoms with van der Waals surface area (Å²) in [4.78, 5) is 23.6. The van der Waals surface area contributed by atoms with E-state index in [1.54, 1.807) is 18.0 Å². The number of carbonyl (C=O) groups excluding carboxylic acids is 1. The van der Waals surface area contributed by atoms with Crippen molar-refractivity contribution in [2.45, 2.75) is 12.7 Å². The van der Waals surface area contributed by atoms with Gasteiger partial charge in [0.1, 0.15) is 18.1 Å². The zero-order chi connectivity index (χ0) is 24.2. The fourth-order valence-corrected chi connectivity index (χ4v) is 4.57. The van der Waals surface area contributed by atoms with Crippen molar-refractivity contribution in [3.8, 4) is 17.0 Å². The molecule has 9 nitrogen and oxygen atoms in total. The number of carbonyl (C=O) groups is 1. The minimum absolute atomic E-state index is 0.00762. The number of aromatic nitrogens is 2. The van der Waals surface area contributed by atoms with Gasteiger partial charge < -0.3 is 20.5 Å². The standard InChI is InChI=1S/C23H24F2N6O3/c1-12-15(8-29-21-20(12)27-4-5-34-21)14-6-13-7-17(28-9-16(13)19(26)18(14)24)31(22(32)33-3)23(25)10-30(2)11-23/h6-9,27H,4-5,10-11,26H2,1-3H3. The summed E-state index contributed by atoms with van der Waals surface area (Å²) >= 11 is 0. The van der Waals surface area contributed by atoms with Gasteiger partial charge in [-0.1, -0.05) is 0 Å². The van der Waals surface area contributed by atoms with Gasteiger partial charge in [0.05, 0.1) is 25.9 Å². The molecule has 2 aliphatic heterocycles. The molecular formula is C23H24F2N6O3. The minimum Gasteiger partial charge on any atom is -0.474 e. The Balaban J connectivity index is 1.65. The number of likely N-dealkylation sites (tertiary alicyclic amines) is 1. The Kier molecular flexibility index (Phi) is 5.16. The molecule has 11 heteroatoms. The molecule has 3 aromatic rings. The van der Waals surface area contributed by atoms with Crippen LogP contribution in [0.5, 0.6) is 5.88 Å². The molecule has 0 unspecified atom stereocenters. The number of hydrogen-bond acceptors (Lipinski definition) is 8. The van der Waals surface area contributed by atoms with E-state index in [1.165, 1.54) is 25.6 Å². The number of amides is 1. The Morgan fingerprint density at radius 3 is 2.76 bits per heavy atom. The van der Waals surface area contributed by atoms with Crippen LogP contribution in [0.25, 0.3) is 21.9 Å². The summed E-state index contributed by atoms with van der Waals surface area (Å²) in [5, 5.41) is 4.07. The number of pyridine rings is 2. The van der Waals surface area contributed by atoms with E-state index in [2.05, 4.69) is 15.3 Å². The summed E-state index contributed by atoms with van der Waals surface area (Å²) < 4.78 is 41.2. The second kappa shape index (κ2) is 7.94. The molecule has 2 aliphatic rings. The molecule has 2 aromatic heterocycles. The van der Waals surface area contributed by atoms with Gasteiger partial charge in [-0.05, 0) is 37.1 Å². The summed E-state index contributed by atoms with van der Waals surface area (Å²) in [6.45, 7) is 2.96. The Hall–Kier alpha value is -3.73. The molecule has 1 saturated heterocycles. The number of nitrogens with zero attached hydrogens (tertiary/aromatic N) is 4. The lowest BCUT2D eigenvalue weighted by Gasteiger charge is -2.47. The second-order valence-electron chi connectivity index (χ2n) is 8.56. The summed E-state index contributed by atoms with van der Waals surface area (Å²) in [5.41, 5.74) is 8.25. The molecule has 5 rings (SSSR count). The van der Waals surface area contributed by atoms with Gasteiger partial charge in [-0.2, -0.15) is 0 Å². The van der Waals surface area contributed by atoms with Crippen LogP contribution in [0.15, 0.2) is 24.5 Å². The number of benzene rings is 1. The van der Waals surface area contributed by atoms with Crippen molar-refractivity contribution < 1.29 is 23.0 Å². The lowest BCUT2D eigenvalue weighted by atomic mass is 9.96. The predicted molar refractivity (Wildman–Crippen MR) is 124 cm³/mol. The molecule has 0 saturated carbocycles. The van der Waals surface area contributed by atoms with Gasteiger partial charge >= 0.3 is 6.09 Å². The highest BCUT2D eigenvalue weighted by atomic mass is 19.1. The average molecular weight is 470 g/mol. The summed E-state index contributed by atoms with van der Waals surface area (Å²) in [6, 6.07) is 3.10. The fraction of sp³-hybridized carbons (Fsp3) is 0.348. The molecule has 0 bridgehead atoms. The van der Waals surface area contributed by atoms with Crippen molar-refractivity contribution in [2.75, 3.05) is 56.3 Å². The van der Waals surface area contributed by atoms with Gasteiger partial charge in [0.2, 0.25) is 11.7 Å². The third-order valence-corrected chi connectivity index (χ3v) is 6.23. The lowest BCUT2D eigenvalue weighted by Crippen LogP contribution is -2.68. The summed E-state index contributed by atoms with van der Waals surface area (Å²) in [7, 11) is 2.92. The van der Waals surface area contributed by atoms with E-state index < -0.39 is 17.7 Å². The van der Waals surface area contributed by atoms with E-state index in [9.17, 15) is 4.79 Å². The first-order chi connectivity index (χ1) is 16.2. The van der Waals surface area contributed by atoms with Crippen LogP contribution in [0.1, 0.15) is 5.56 Å². The van der Waals surface area contributed by atoms with Gasteiger partial charge in [0, 0.05) is 35.5 Å². The minimum atomic E-state index is -1.97. The number of likely N-dealkylation sites (N-methyl/N-ethyl adjacent to an activating group) is 1. The van der Waals surface area contributed by atoms with E-state index in [0.29, 0.717) is 41.1 Å². The number of nitrogens with two attached hydrogens (primary N) is 1. The van der Waals surface area contributed by atoms with Crippen LogP contribution in [-0.2, 0) is 4.74 Å². The van der Waals surface area contributed by atoms with Crippen molar-refractivity contribution in [3.63, 3.8) is 0 Å². The maximum Gasteiger partial charge on any atom is 0.417 e. The van der Waals surface area contributed by atoms with Gasteiger partial charge in [-0.3, -0.25) is 4.90 Å². The number of ether oxygens (including phenoxy) is 2. The molecule has 0 radical (unpaired) electrons. The highest BCUT2D eigenvalue weighted by Crippen LogP contribution is 2.40. The van der Waals surface area contributed by atoms with Crippen LogP contribution < -0.4 is 20.7 Å². The lowest BCUT2D eigenvalue weighted by molar-refractivity contribution is -0.0162. The van der Waals surface area contributed by atoms with Crippen LogP contribution in [0.2, 0.25) is 0 Å². The van der Waals surface area contributed by atoms with Crippen LogP contribution in [0, 0.1) is 12.7 Å². The molecule has 178 valence electrons. The molecule has 4 heterocycles. The monoisotopic (exact) mass is 470 g/mol. The first-order valence-electron chi connectivity index (χ1n) is 10.7. The number of hydrogen-bond donors (Lipinski definition) is 2. The van der Waals surface area contributed by atoms with Crippen molar-refractivity contribution in [1.82, 2.24) is 14.9 Å². The zero-order valence-corrected chi connectivity index (χ0v) is 19.0. The van der Waals surface area contributed by atoms with E-state index in [-0.39, 0.29) is 30.2 Å². The van der Waals surface area contributed by atoms with Crippen LogP contribution >= 0.6 is 0 Å². The average Bonchev–Trinajstić information content (AvgIpc) is 2.81. The molecular weight excluding hydrogens is 446 g/mol. The molecule has 0 aliphatic carbocycles. The van der Waals surface area contributed by atoms with Gasteiger partial charge in [0.25, 0.3) is 0 Å².